The topological polar surface area (TPSA) is 155 Å². The fraction of sp³-hybridized carbons (Fsp3) is 0.557. The molecule has 0 saturated carbocycles. The number of phosphoric ester groups is 1. The second-order valence-electron chi connectivity index (χ2n) is 19.7. The molecule has 0 aliphatic heterocycles. The van der Waals surface area contributed by atoms with Crippen molar-refractivity contribution < 1.29 is 52.2 Å². The summed E-state index contributed by atoms with van der Waals surface area (Å²) in [5.41, 5.74) is 0. The van der Waals surface area contributed by atoms with Gasteiger partial charge in [-0.3, -0.25) is 23.4 Å². The zero-order chi connectivity index (χ0) is 59.8. The summed E-state index contributed by atoms with van der Waals surface area (Å²) >= 11 is 0. The minimum absolute atomic E-state index is 0.0855. The highest BCUT2D eigenvalue weighted by Gasteiger charge is 2.28. The first-order valence-electron chi connectivity index (χ1n) is 31.0. The van der Waals surface area contributed by atoms with E-state index in [1.165, 1.54) is 0 Å². The molecule has 0 aromatic carbocycles. The fourth-order valence-electron chi connectivity index (χ4n) is 7.53. The fourth-order valence-corrected chi connectivity index (χ4v) is 8.31. The first kappa shape index (κ1) is 76.8. The quantitative estimate of drug-likeness (QED) is 0.0197. The number of esters is 3. The molecule has 0 aromatic heterocycles. The predicted octanol–water partition coefficient (Wildman–Crippen LogP) is 19.0. The van der Waals surface area contributed by atoms with E-state index in [1.807, 2.05) is 12.2 Å². The van der Waals surface area contributed by atoms with Crippen molar-refractivity contribution in [2.45, 2.75) is 226 Å². The molecule has 0 radical (unpaired) electrons. The van der Waals surface area contributed by atoms with Gasteiger partial charge in [-0.1, -0.05) is 223 Å². The van der Waals surface area contributed by atoms with E-state index in [0.29, 0.717) is 25.7 Å². The summed E-state index contributed by atoms with van der Waals surface area (Å²) in [6.45, 7) is 4.17. The van der Waals surface area contributed by atoms with Crippen LogP contribution in [0.3, 0.4) is 0 Å². The SMILES string of the molecule is CC/C=C\C/C=C\C/C=C\C/C=C\C/C=C\CCCCCC(=O)OCC(COP(=O)(O)OCC(CO)OC(=O)CCC/C=C\C/C=C\C/C=C\C/C=C\C/C=C\CC)OC(=O)CCCCCCCC/C=C\C/C=C\C/C=C\C/C=C\CC. The second-order valence-corrected chi connectivity index (χ2v) is 21.2. The van der Waals surface area contributed by atoms with Crippen molar-refractivity contribution >= 4 is 25.7 Å². The highest BCUT2D eigenvalue weighted by molar-refractivity contribution is 7.47. The van der Waals surface area contributed by atoms with Gasteiger partial charge in [0.15, 0.2) is 6.10 Å². The van der Waals surface area contributed by atoms with Gasteiger partial charge in [0, 0.05) is 19.3 Å². The zero-order valence-electron chi connectivity index (χ0n) is 50.9. The standard InChI is InChI=1S/C70H109O11P/c1-4-7-10-13-16-19-22-25-28-31-33-36-38-41-44-47-50-53-56-59-68(72)77-63-67(81-70(74)61-58-55-52-49-46-43-40-37-34-32-29-26-23-20-17-14-11-8-5-2)65-79-82(75,76)78-64-66(62-71)80-69(73)60-57-54-51-48-45-42-39-35-30-27-24-21-18-15-12-9-6-3/h7-12,16-21,25-30,33-34,36-37,39,41-42,44,48,51,66-67,71H,4-6,13-15,22-24,31-32,35,38,40,43,45-47,49-50,52-65H2,1-3H3,(H,75,76)/b10-7-,11-8-,12-9-,19-16-,20-17-,21-18-,28-25-,29-26-,30-27-,36-33-,37-34-,42-39-,44-41-,51-48-. The minimum Gasteiger partial charge on any atom is -0.462 e. The van der Waals surface area contributed by atoms with E-state index < -0.39 is 57.8 Å². The highest BCUT2D eigenvalue weighted by Crippen LogP contribution is 2.43. The van der Waals surface area contributed by atoms with Crippen molar-refractivity contribution in [2.24, 2.45) is 0 Å². The Morgan fingerprint density at radius 2 is 0.610 bits per heavy atom. The average molecular weight is 1160 g/mol. The molecule has 82 heavy (non-hydrogen) atoms. The molecule has 460 valence electrons. The lowest BCUT2D eigenvalue weighted by Crippen LogP contribution is -2.30. The molecule has 0 aromatic rings. The number of allylic oxidation sites excluding steroid dienone is 28. The maximum atomic E-state index is 13.0. The van der Waals surface area contributed by atoms with Gasteiger partial charge in [-0.05, 0) is 141 Å². The Morgan fingerprint density at radius 1 is 0.341 bits per heavy atom. The maximum absolute atomic E-state index is 13.0. The van der Waals surface area contributed by atoms with Crippen LogP contribution in [0, 0.1) is 0 Å². The number of carbonyl (C=O) groups excluding carboxylic acids is 3. The van der Waals surface area contributed by atoms with Crippen molar-refractivity contribution in [3.05, 3.63) is 170 Å². The van der Waals surface area contributed by atoms with Gasteiger partial charge in [-0.25, -0.2) is 4.57 Å². The summed E-state index contributed by atoms with van der Waals surface area (Å²) in [6.07, 6.45) is 83.1. The Labute approximate surface area is 497 Å². The van der Waals surface area contributed by atoms with Crippen molar-refractivity contribution in [1.82, 2.24) is 0 Å². The van der Waals surface area contributed by atoms with E-state index in [2.05, 4.69) is 179 Å². The van der Waals surface area contributed by atoms with Gasteiger partial charge in [0.25, 0.3) is 0 Å². The Bertz CT molecular complexity index is 2030. The first-order valence-corrected chi connectivity index (χ1v) is 32.5. The van der Waals surface area contributed by atoms with Crippen LogP contribution in [0.1, 0.15) is 213 Å². The van der Waals surface area contributed by atoms with Crippen LogP contribution in [0.5, 0.6) is 0 Å². The number of hydrogen-bond acceptors (Lipinski definition) is 10. The van der Waals surface area contributed by atoms with Gasteiger partial charge in [0.1, 0.15) is 12.7 Å². The normalized spacial score (nSPS) is 14.5. The number of unbranched alkanes of at least 4 members (excludes halogenated alkanes) is 10. The van der Waals surface area contributed by atoms with Crippen LogP contribution in [-0.2, 0) is 42.2 Å². The third-order valence-corrected chi connectivity index (χ3v) is 13.1. The summed E-state index contributed by atoms with van der Waals surface area (Å²) in [5, 5.41) is 9.84. The van der Waals surface area contributed by atoms with Crippen molar-refractivity contribution in [3.8, 4) is 0 Å². The largest absolute Gasteiger partial charge is 0.472 e. The van der Waals surface area contributed by atoms with E-state index in [1.54, 1.807) is 0 Å². The number of rotatable bonds is 55. The lowest BCUT2D eigenvalue weighted by Gasteiger charge is -2.21. The van der Waals surface area contributed by atoms with E-state index in [-0.39, 0.29) is 25.9 Å². The third-order valence-electron chi connectivity index (χ3n) is 12.1. The molecule has 0 spiro atoms. The average Bonchev–Trinajstić information content (AvgIpc) is 3.47. The van der Waals surface area contributed by atoms with E-state index in [0.717, 1.165) is 148 Å². The summed E-state index contributed by atoms with van der Waals surface area (Å²) in [4.78, 5) is 48.7. The number of ether oxygens (including phenoxy) is 3. The number of aliphatic hydroxyl groups is 1. The molecule has 12 heteroatoms. The van der Waals surface area contributed by atoms with Crippen LogP contribution in [0.15, 0.2) is 170 Å². The summed E-state index contributed by atoms with van der Waals surface area (Å²) < 4.78 is 39.6. The van der Waals surface area contributed by atoms with E-state index in [9.17, 15) is 28.9 Å². The second kappa shape index (κ2) is 61.9. The lowest BCUT2D eigenvalue weighted by atomic mass is 10.1. The molecule has 0 rings (SSSR count). The molecule has 0 saturated heterocycles. The Hall–Kier alpha value is -5.16. The molecular formula is C70H109O11P. The zero-order valence-corrected chi connectivity index (χ0v) is 51.8. The minimum atomic E-state index is -4.79. The van der Waals surface area contributed by atoms with Crippen LogP contribution in [0.25, 0.3) is 0 Å². The number of phosphoric acid groups is 1. The molecule has 2 N–H and O–H groups in total. The summed E-state index contributed by atoms with van der Waals surface area (Å²) in [7, 11) is -4.79. The van der Waals surface area contributed by atoms with Crippen LogP contribution in [0.2, 0.25) is 0 Å². The predicted molar refractivity (Wildman–Crippen MR) is 343 cm³/mol. The van der Waals surface area contributed by atoms with Crippen molar-refractivity contribution in [2.75, 3.05) is 26.4 Å². The first-order chi connectivity index (χ1) is 40.2. The van der Waals surface area contributed by atoms with Gasteiger partial charge in [-0.2, -0.15) is 0 Å². The molecule has 3 atom stereocenters. The van der Waals surface area contributed by atoms with Gasteiger partial charge in [0.05, 0.1) is 19.8 Å². The Morgan fingerprint density at radius 3 is 0.976 bits per heavy atom. The molecule has 0 amide bonds. The van der Waals surface area contributed by atoms with Crippen LogP contribution in [0.4, 0.5) is 0 Å². The molecule has 0 fully saturated rings. The molecule has 0 aliphatic rings. The lowest BCUT2D eigenvalue weighted by molar-refractivity contribution is -0.161. The molecule has 0 aliphatic carbocycles. The molecular weight excluding hydrogens is 1050 g/mol. The maximum Gasteiger partial charge on any atom is 0.472 e. The summed E-state index contributed by atoms with van der Waals surface area (Å²) in [6, 6.07) is 0. The number of aliphatic hydroxyl groups excluding tert-OH is 1. The molecule has 0 heterocycles. The molecule has 3 unspecified atom stereocenters. The Balaban J connectivity index is 4.89. The molecule has 11 nitrogen and oxygen atoms in total. The van der Waals surface area contributed by atoms with Crippen LogP contribution < -0.4 is 0 Å². The van der Waals surface area contributed by atoms with Gasteiger partial charge in [0.2, 0.25) is 0 Å². The number of carbonyl (C=O) groups is 3. The monoisotopic (exact) mass is 1160 g/mol. The Kier molecular flexibility index (Phi) is 58.0. The van der Waals surface area contributed by atoms with Gasteiger partial charge >= 0.3 is 25.7 Å². The van der Waals surface area contributed by atoms with Crippen LogP contribution >= 0.6 is 7.82 Å². The third kappa shape index (κ3) is 59.5. The van der Waals surface area contributed by atoms with Gasteiger partial charge < -0.3 is 24.2 Å². The summed E-state index contributed by atoms with van der Waals surface area (Å²) in [5.74, 6) is -1.60. The molecule has 0 bridgehead atoms. The van der Waals surface area contributed by atoms with Gasteiger partial charge in [-0.15, -0.1) is 0 Å². The number of hydrogen-bond donors (Lipinski definition) is 2. The smallest absolute Gasteiger partial charge is 0.462 e. The van der Waals surface area contributed by atoms with Crippen LogP contribution in [-0.4, -0.2) is 66.5 Å². The van der Waals surface area contributed by atoms with Crippen molar-refractivity contribution in [1.29, 1.82) is 0 Å². The van der Waals surface area contributed by atoms with E-state index >= 15 is 0 Å². The van der Waals surface area contributed by atoms with Crippen molar-refractivity contribution in [3.63, 3.8) is 0 Å². The highest BCUT2D eigenvalue weighted by atomic mass is 31.2. The van der Waals surface area contributed by atoms with E-state index in [4.69, 9.17) is 23.3 Å².